The van der Waals surface area contributed by atoms with Gasteiger partial charge in [-0.3, -0.25) is 0 Å². The van der Waals surface area contributed by atoms with E-state index in [2.05, 4.69) is 32.7 Å². The monoisotopic (exact) mass is 392 g/mol. The zero-order chi connectivity index (χ0) is 14.7. The van der Waals surface area contributed by atoms with E-state index in [0.717, 1.165) is 16.9 Å². The Hall–Kier alpha value is -1.89. The Bertz CT molecular complexity index is 721. The molecule has 2 aromatic carbocycles. The summed E-state index contributed by atoms with van der Waals surface area (Å²) in [6.07, 6.45) is 0.612. The van der Waals surface area contributed by atoms with E-state index in [1.807, 2.05) is 48.5 Å². The second-order valence-corrected chi connectivity index (χ2v) is 5.79. The standard InChI is InChI=1S/C16H13IN2O2/c1-20-14-8-2-11(3-9-14)10-15-18-16(19-21-15)12-4-6-13(17)7-5-12/h2-9H,10H2,1H3. The van der Waals surface area contributed by atoms with E-state index in [1.165, 1.54) is 3.57 Å². The van der Waals surface area contributed by atoms with Gasteiger partial charge >= 0.3 is 0 Å². The van der Waals surface area contributed by atoms with Gasteiger partial charge in [-0.2, -0.15) is 4.98 Å². The van der Waals surface area contributed by atoms with Crippen LogP contribution in [0.15, 0.2) is 53.1 Å². The molecule has 4 nitrogen and oxygen atoms in total. The summed E-state index contributed by atoms with van der Waals surface area (Å²) < 4.78 is 11.6. The molecule has 3 aromatic rings. The molecule has 0 aliphatic carbocycles. The Morgan fingerprint density at radius 2 is 1.76 bits per heavy atom. The average Bonchev–Trinajstić information content (AvgIpc) is 2.97. The summed E-state index contributed by atoms with van der Waals surface area (Å²) in [6, 6.07) is 15.9. The molecule has 0 saturated heterocycles. The van der Waals surface area contributed by atoms with Crippen LogP contribution in [0, 0.1) is 3.57 Å². The lowest BCUT2D eigenvalue weighted by Crippen LogP contribution is -1.89. The number of halogens is 1. The highest BCUT2D eigenvalue weighted by molar-refractivity contribution is 14.1. The molecule has 1 heterocycles. The second kappa shape index (κ2) is 6.26. The van der Waals surface area contributed by atoms with Gasteiger partial charge in [0.15, 0.2) is 0 Å². The lowest BCUT2D eigenvalue weighted by atomic mass is 10.1. The molecule has 5 heteroatoms. The van der Waals surface area contributed by atoms with E-state index in [4.69, 9.17) is 9.26 Å². The number of methoxy groups -OCH3 is 1. The first-order valence-electron chi connectivity index (χ1n) is 6.46. The van der Waals surface area contributed by atoms with Crippen molar-refractivity contribution in [2.75, 3.05) is 7.11 Å². The molecule has 106 valence electrons. The van der Waals surface area contributed by atoms with Crippen molar-refractivity contribution in [3.05, 3.63) is 63.6 Å². The van der Waals surface area contributed by atoms with E-state index in [-0.39, 0.29) is 0 Å². The molecule has 0 bridgehead atoms. The minimum absolute atomic E-state index is 0.605. The Balaban J connectivity index is 1.76. The average molecular weight is 392 g/mol. The number of aromatic nitrogens is 2. The van der Waals surface area contributed by atoms with Crippen molar-refractivity contribution < 1.29 is 9.26 Å². The van der Waals surface area contributed by atoms with Crippen molar-refractivity contribution in [3.8, 4) is 17.1 Å². The number of nitrogens with zero attached hydrogens (tertiary/aromatic N) is 2. The fourth-order valence-corrected chi connectivity index (χ4v) is 2.32. The van der Waals surface area contributed by atoms with E-state index in [0.29, 0.717) is 18.1 Å². The van der Waals surface area contributed by atoms with Gasteiger partial charge in [-0.05, 0) is 52.4 Å². The molecule has 0 spiro atoms. The number of rotatable bonds is 4. The zero-order valence-corrected chi connectivity index (χ0v) is 13.6. The Morgan fingerprint density at radius 1 is 1.05 bits per heavy atom. The van der Waals surface area contributed by atoms with Crippen LogP contribution in [0.3, 0.4) is 0 Å². The molecule has 0 amide bonds. The van der Waals surface area contributed by atoms with Crippen molar-refractivity contribution in [2.45, 2.75) is 6.42 Å². The van der Waals surface area contributed by atoms with Crippen molar-refractivity contribution in [3.63, 3.8) is 0 Å². The maximum atomic E-state index is 5.32. The molecule has 0 saturated carbocycles. The first-order valence-corrected chi connectivity index (χ1v) is 7.54. The third-order valence-corrected chi connectivity index (χ3v) is 3.80. The molecule has 0 fully saturated rings. The molecule has 0 unspecified atom stereocenters. The lowest BCUT2D eigenvalue weighted by Gasteiger charge is -2.00. The highest BCUT2D eigenvalue weighted by atomic mass is 127. The van der Waals surface area contributed by atoms with Crippen LogP contribution in [0.2, 0.25) is 0 Å². The maximum absolute atomic E-state index is 5.32. The third kappa shape index (κ3) is 3.41. The maximum Gasteiger partial charge on any atom is 0.231 e. The van der Waals surface area contributed by atoms with Crippen LogP contribution < -0.4 is 4.74 Å². The van der Waals surface area contributed by atoms with Crippen LogP contribution >= 0.6 is 22.6 Å². The van der Waals surface area contributed by atoms with Gasteiger partial charge in [-0.1, -0.05) is 29.4 Å². The molecule has 0 aliphatic rings. The number of hydrogen-bond donors (Lipinski definition) is 0. The van der Waals surface area contributed by atoms with Crippen molar-refractivity contribution in [2.24, 2.45) is 0 Å². The summed E-state index contributed by atoms with van der Waals surface area (Å²) in [5.74, 6) is 2.06. The third-order valence-electron chi connectivity index (χ3n) is 3.08. The van der Waals surface area contributed by atoms with Crippen LogP contribution in [0.25, 0.3) is 11.4 Å². The molecular weight excluding hydrogens is 379 g/mol. The minimum Gasteiger partial charge on any atom is -0.497 e. The van der Waals surface area contributed by atoms with Crippen LogP contribution in [0.4, 0.5) is 0 Å². The molecule has 0 atom stereocenters. The molecule has 0 radical (unpaired) electrons. The van der Waals surface area contributed by atoms with E-state index >= 15 is 0 Å². The fourth-order valence-electron chi connectivity index (χ4n) is 1.96. The molecule has 1 aromatic heterocycles. The molecule has 3 rings (SSSR count). The number of benzene rings is 2. The first kappa shape index (κ1) is 14.1. The number of ether oxygens (including phenoxy) is 1. The Kier molecular flexibility index (Phi) is 4.19. The summed E-state index contributed by atoms with van der Waals surface area (Å²) >= 11 is 2.27. The largest absolute Gasteiger partial charge is 0.497 e. The van der Waals surface area contributed by atoms with Crippen molar-refractivity contribution >= 4 is 22.6 Å². The first-order chi connectivity index (χ1) is 10.2. The van der Waals surface area contributed by atoms with E-state index < -0.39 is 0 Å². The Morgan fingerprint density at radius 3 is 2.43 bits per heavy atom. The van der Waals surface area contributed by atoms with Gasteiger partial charge in [-0.25, -0.2) is 0 Å². The predicted molar refractivity (Wildman–Crippen MR) is 88.3 cm³/mol. The summed E-state index contributed by atoms with van der Waals surface area (Å²) in [6.45, 7) is 0. The van der Waals surface area contributed by atoms with Gasteiger partial charge < -0.3 is 9.26 Å². The Labute approximate surface area is 136 Å². The van der Waals surface area contributed by atoms with Crippen LogP contribution in [-0.4, -0.2) is 17.3 Å². The number of hydrogen-bond acceptors (Lipinski definition) is 4. The van der Waals surface area contributed by atoms with Gasteiger partial charge in [0, 0.05) is 9.13 Å². The lowest BCUT2D eigenvalue weighted by molar-refractivity contribution is 0.385. The highest BCUT2D eigenvalue weighted by Gasteiger charge is 2.09. The van der Waals surface area contributed by atoms with Gasteiger partial charge in [0.05, 0.1) is 13.5 Å². The van der Waals surface area contributed by atoms with Crippen LogP contribution in [0.1, 0.15) is 11.5 Å². The summed E-state index contributed by atoms with van der Waals surface area (Å²) in [5.41, 5.74) is 2.06. The van der Waals surface area contributed by atoms with E-state index in [9.17, 15) is 0 Å². The van der Waals surface area contributed by atoms with Crippen molar-refractivity contribution in [1.29, 1.82) is 0 Å². The van der Waals surface area contributed by atoms with Gasteiger partial charge in [-0.15, -0.1) is 0 Å². The van der Waals surface area contributed by atoms with Gasteiger partial charge in [0.2, 0.25) is 11.7 Å². The molecule has 0 N–H and O–H groups in total. The zero-order valence-electron chi connectivity index (χ0n) is 11.4. The summed E-state index contributed by atoms with van der Waals surface area (Å²) in [7, 11) is 1.65. The van der Waals surface area contributed by atoms with E-state index in [1.54, 1.807) is 7.11 Å². The molecule has 0 aliphatic heterocycles. The highest BCUT2D eigenvalue weighted by Crippen LogP contribution is 2.19. The van der Waals surface area contributed by atoms with Crippen LogP contribution in [-0.2, 0) is 6.42 Å². The summed E-state index contributed by atoms with van der Waals surface area (Å²) in [4.78, 5) is 4.44. The second-order valence-electron chi connectivity index (χ2n) is 4.54. The SMILES string of the molecule is COc1ccc(Cc2nc(-c3ccc(I)cc3)no2)cc1. The molecule has 21 heavy (non-hydrogen) atoms. The molecular formula is C16H13IN2O2. The quantitative estimate of drug-likeness (QED) is 0.632. The fraction of sp³-hybridized carbons (Fsp3) is 0.125. The van der Waals surface area contributed by atoms with Gasteiger partial charge in [0.1, 0.15) is 5.75 Å². The van der Waals surface area contributed by atoms with Gasteiger partial charge in [0.25, 0.3) is 0 Å². The smallest absolute Gasteiger partial charge is 0.231 e. The summed E-state index contributed by atoms with van der Waals surface area (Å²) in [5, 5.41) is 4.03. The predicted octanol–water partition coefficient (Wildman–Crippen LogP) is 3.94. The minimum atomic E-state index is 0.605. The topological polar surface area (TPSA) is 48.2 Å². The van der Waals surface area contributed by atoms with Crippen LogP contribution in [0.5, 0.6) is 5.75 Å². The normalized spacial score (nSPS) is 10.6. The van der Waals surface area contributed by atoms with Crippen molar-refractivity contribution in [1.82, 2.24) is 10.1 Å².